The Kier molecular flexibility index (Phi) is 14.3. The van der Waals surface area contributed by atoms with Crippen molar-refractivity contribution in [1.82, 2.24) is 9.89 Å². The molecule has 2 N–H and O–H groups in total. The van der Waals surface area contributed by atoms with Crippen LogP contribution in [0.15, 0.2) is 65.1 Å². The van der Waals surface area contributed by atoms with Crippen LogP contribution in [-0.4, -0.2) is 74.9 Å². The summed E-state index contributed by atoms with van der Waals surface area (Å²) in [7, 11) is 7.92. The lowest BCUT2D eigenvalue weighted by Crippen LogP contribution is -2.49. The number of fused-ring (bicyclic) bond motifs is 2. The molecule has 0 spiro atoms. The van der Waals surface area contributed by atoms with Crippen molar-refractivity contribution in [3.8, 4) is 22.5 Å². The Labute approximate surface area is 317 Å². The van der Waals surface area contributed by atoms with Crippen molar-refractivity contribution >= 4 is 46.1 Å². The average Bonchev–Trinajstić information content (AvgIpc) is 3.12. The number of esters is 1. The number of amides is 1. The highest BCUT2D eigenvalue weighted by Gasteiger charge is 2.42. The van der Waals surface area contributed by atoms with Gasteiger partial charge in [-0.2, -0.15) is 0 Å². The van der Waals surface area contributed by atoms with E-state index in [0.29, 0.717) is 18.4 Å². The molecule has 0 bridgehead atoms. The van der Waals surface area contributed by atoms with E-state index in [1.807, 2.05) is 100 Å². The van der Waals surface area contributed by atoms with Crippen molar-refractivity contribution in [3.63, 3.8) is 0 Å². The lowest BCUT2D eigenvalue weighted by atomic mass is 9.87. The number of hydrogen-bond donors (Lipinski definition) is 2. The molecular weight excluding hydrogens is 686 g/mol. The minimum Gasteiger partial charge on any atom is -0.478 e. The molecule has 11 nitrogen and oxygen atoms in total. The number of nitrogens with one attached hydrogen (secondary N) is 1. The highest BCUT2D eigenvalue weighted by Crippen LogP contribution is 2.42. The van der Waals surface area contributed by atoms with Gasteiger partial charge in [0.25, 0.3) is 0 Å². The van der Waals surface area contributed by atoms with Crippen LogP contribution in [-0.2, 0) is 23.9 Å². The number of benzene rings is 3. The molecule has 1 saturated heterocycles. The van der Waals surface area contributed by atoms with Gasteiger partial charge in [0, 0.05) is 67.7 Å². The molecule has 1 aliphatic carbocycles. The Morgan fingerprint density at radius 3 is 2.19 bits per heavy atom. The molecule has 288 valence electrons. The van der Waals surface area contributed by atoms with E-state index in [2.05, 4.69) is 5.32 Å². The van der Waals surface area contributed by atoms with Crippen molar-refractivity contribution in [2.75, 3.05) is 33.1 Å². The quantitative estimate of drug-likeness (QED) is 0.0598. The van der Waals surface area contributed by atoms with Gasteiger partial charge < -0.3 is 29.3 Å². The Morgan fingerprint density at radius 2 is 1.59 bits per heavy atom. The normalized spacial score (nSPS) is 15.5. The zero-order valence-corrected chi connectivity index (χ0v) is 32.7. The summed E-state index contributed by atoms with van der Waals surface area (Å²) in [5.41, 5.74) is 4.44. The van der Waals surface area contributed by atoms with Crippen LogP contribution in [0.3, 0.4) is 0 Å². The van der Waals surface area contributed by atoms with Gasteiger partial charge in [-0.05, 0) is 62.4 Å². The number of ether oxygens (including phenoxy) is 1. The van der Waals surface area contributed by atoms with Crippen LogP contribution in [0.4, 0.5) is 5.69 Å². The zero-order chi connectivity index (χ0) is 39.7. The van der Waals surface area contributed by atoms with Crippen LogP contribution in [0.2, 0.25) is 0 Å². The molecule has 3 aliphatic rings. The number of carbonyl (C=O) groups is 5. The number of unbranched alkanes of at least 4 members (excludes halogenated alkanes) is 3. The third-order valence-electron chi connectivity index (χ3n) is 9.75. The Morgan fingerprint density at radius 1 is 0.907 bits per heavy atom. The second-order valence-corrected chi connectivity index (χ2v) is 14.8. The number of ketones is 2. The van der Waals surface area contributed by atoms with Crippen LogP contribution in [0.5, 0.6) is 0 Å². The molecule has 0 aromatic heterocycles. The van der Waals surface area contributed by atoms with Gasteiger partial charge in [0.2, 0.25) is 11.3 Å². The van der Waals surface area contributed by atoms with E-state index in [4.69, 9.17) is 9.15 Å². The van der Waals surface area contributed by atoms with E-state index in [-0.39, 0.29) is 53.4 Å². The first kappa shape index (κ1) is 41.4. The maximum atomic E-state index is 12.4. The molecule has 0 radical (unpaired) electrons. The van der Waals surface area contributed by atoms with E-state index < -0.39 is 12.0 Å². The molecule has 1 amide bonds. The first-order valence-corrected chi connectivity index (χ1v) is 18.6. The van der Waals surface area contributed by atoms with Gasteiger partial charge in [0.1, 0.15) is 43.2 Å². The van der Waals surface area contributed by atoms with Gasteiger partial charge in [0.05, 0.1) is 17.7 Å². The highest BCUT2D eigenvalue weighted by atomic mass is 16.6. The molecule has 2 aliphatic heterocycles. The monoisotopic (exact) mass is 740 g/mol. The number of carbonyl (C=O) groups excluding carboxylic acids is 4. The number of hydrogen-bond acceptors (Lipinski definition) is 8. The zero-order valence-electron chi connectivity index (χ0n) is 32.7. The number of carboxylic acids is 1. The molecule has 2 aromatic rings. The van der Waals surface area contributed by atoms with Gasteiger partial charge in [-0.15, -0.1) is 0 Å². The van der Waals surface area contributed by atoms with E-state index in [1.54, 1.807) is 26.0 Å². The molecular formula is C43H54N3O8+. The van der Waals surface area contributed by atoms with Gasteiger partial charge in [-0.1, -0.05) is 44.9 Å². The summed E-state index contributed by atoms with van der Waals surface area (Å²) in [5.74, 6) is -1.03. The summed E-state index contributed by atoms with van der Waals surface area (Å²) in [6.07, 6.45) is 4.29. The van der Waals surface area contributed by atoms with Crippen LogP contribution in [0.25, 0.3) is 33.4 Å². The largest absolute Gasteiger partial charge is 0.478 e. The lowest BCUT2D eigenvalue weighted by molar-refractivity contribution is -0.183. The predicted octanol–water partition coefficient (Wildman–Crippen LogP) is 6.58. The van der Waals surface area contributed by atoms with Crippen molar-refractivity contribution in [3.05, 3.63) is 71.6 Å². The summed E-state index contributed by atoms with van der Waals surface area (Å²) in [6.45, 7) is 7.12. The van der Waals surface area contributed by atoms with Gasteiger partial charge in [-0.3, -0.25) is 14.4 Å². The second kappa shape index (κ2) is 18.6. The number of rotatable bonds is 15. The van der Waals surface area contributed by atoms with Gasteiger partial charge in [0.15, 0.2) is 5.78 Å². The molecule has 5 rings (SSSR count). The maximum Gasteiger partial charge on any atom is 0.336 e. The minimum absolute atomic E-state index is 0.0292. The molecule has 3 atom stereocenters. The van der Waals surface area contributed by atoms with E-state index in [9.17, 15) is 29.1 Å². The summed E-state index contributed by atoms with van der Waals surface area (Å²) >= 11 is 0. The first-order chi connectivity index (χ1) is 25.6. The fraction of sp³-hybridized carbons (Fsp3) is 0.442. The minimum atomic E-state index is -0.947. The highest BCUT2D eigenvalue weighted by molar-refractivity contribution is 6.07. The molecule has 54 heavy (non-hydrogen) atoms. The van der Waals surface area contributed by atoms with Crippen LogP contribution in [0, 0.1) is 11.8 Å². The lowest BCUT2D eigenvalue weighted by Gasteiger charge is -2.33. The molecule has 2 aromatic carbocycles. The summed E-state index contributed by atoms with van der Waals surface area (Å²) in [4.78, 5) is 60.7. The van der Waals surface area contributed by atoms with Gasteiger partial charge >= 0.3 is 11.9 Å². The van der Waals surface area contributed by atoms with E-state index in [1.165, 1.54) is 0 Å². The van der Waals surface area contributed by atoms with E-state index in [0.717, 1.165) is 64.6 Å². The SMILES string of the molecule is CC(=O)CCCCCCC(=O)N[C@H](C(=O)C[C@@H]1C(=O)O[C@@H]1C)C(C)C.CN(C)c1ccc2c(-c3ccccc3C(=O)O)c3ccc(=[N+](C)C)cc-3oc2c1. The number of cyclic esters (lactones) is 1. The summed E-state index contributed by atoms with van der Waals surface area (Å²) < 4.78 is 13.2. The Hall–Kier alpha value is -5.32. The average molecular weight is 741 g/mol. The predicted molar refractivity (Wildman–Crippen MR) is 210 cm³/mol. The molecule has 0 unspecified atom stereocenters. The van der Waals surface area contributed by atoms with Crippen molar-refractivity contribution in [2.45, 2.75) is 84.8 Å². The summed E-state index contributed by atoms with van der Waals surface area (Å²) in [5, 5.41) is 14.5. The van der Waals surface area contributed by atoms with Crippen molar-refractivity contribution < 1.29 is 38.2 Å². The third kappa shape index (κ3) is 10.4. The number of Topliss-reactive ketones (excluding diaryl/α,β-unsaturated/α-hetero) is 2. The smallest absolute Gasteiger partial charge is 0.336 e. The van der Waals surface area contributed by atoms with Crippen LogP contribution in [0.1, 0.15) is 83.0 Å². The van der Waals surface area contributed by atoms with Gasteiger partial charge in [-0.25, -0.2) is 9.37 Å². The fourth-order valence-electron chi connectivity index (χ4n) is 6.54. The van der Waals surface area contributed by atoms with Crippen LogP contribution >= 0.6 is 0 Å². The second-order valence-electron chi connectivity index (χ2n) is 14.8. The van der Waals surface area contributed by atoms with Crippen molar-refractivity contribution in [1.29, 1.82) is 0 Å². The Bertz CT molecular complexity index is 2040. The molecule has 2 heterocycles. The number of anilines is 1. The third-order valence-corrected chi connectivity index (χ3v) is 9.75. The molecule has 11 heteroatoms. The number of aromatic carboxylic acids is 1. The Balaban J connectivity index is 0.000000244. The summed E-state index contributed by atoms with van der Waals surface area (Å²) in [6, 6.07) is 18.6. The topological polar surface area (TPSA) is 146 Å². The van der Waals surface area contributed by atoms with E-state index >= 15 is 0 Å². The molecule has 1 fully saturated rings. The standard InChI is InChI=1S/C24H22N2O3.C19H31NO5/c1-25(2)15-9-11-19-21(13-15)29-22-14-16(26(3)4)10-12-20(22)23(19)17-7-5-6-8-18(17)24(27)28;1-12(2)18(16(22)11-15-14(4)25-19(15)24)20-17(23)10-8-6-5-7-9-13(3)21/h5-14H,1-4H3;12,14-15,18H,5-11H2,1-4H3,(H,20,23)/p+1/t;14-,15+,18+/m.1/s1. The van der Waals surface area contributed by atoms with Crippen LogP contribution < -0.4 is 20.1 Å². The fourth-order valence-corrected chi connectivity index (χ4v) is 6.54. The van der Waals surface area contributed by atoms with Crippen molar-refractivity contribution in [2.24, 2.45) is 11.8 Å². The number of carboxylic acid groups (broad SMARTS) is 1. The number of nitrogens with zero attached hydrogens (tertiary/aromatic N) is 2. The molecule has 0 saturated carbocycles. The maximum absolute atomic E-state index is 12.4. The first-order valence-electron chi connectivity index (χ1n) is 18.6.